The van der Waals surface area contributed by atoms with Gasteiger partial charge in [0.25, 0.3) is 0 Å². The summed E-state index contributed by atoms with van der Waals surface area (Å²) >= 11 is 2.17. The van der Waals surface area contributed by atoms with Crippen LogP contribution in [0.15, 0.2) is 6.20 Å². The van der Waals surface area contributed by atoms with Gasteiger partial charge in [-0.3, -0.25) is 4.79 Å². The van der Waals surface area contributed by atoms with Gasteiger partial charge in [0.15, 0.2) is 0 Å². The summed E-state index contributed by atoms with van der Waals surface area (Å²) in [7, 11) is 1.54. The van der Waals surface area contributed by atoms with Crippen LogP contribution in [-0.4, -0.2) is 27.8 Å². The number of methoxy groups -OCH3 is 1. The summed E-state index contributed by atoms with van der Waals surface area (Å²) in [6.07, 6.45) is 1.81. The zero-order chi connectivity index (χ0) is 13.5. The van der Waals surface area contributed by atoms with Crippen LogP contribution in [0.3, 0.4) is 0 Å². The lowest BCUT2D eigenvalue weighted by Crippen LogP contribution is -2.22. The van der Waals surface area contributed by atoms with Crippen LogP contribution >= 0.6 is 22.6 Å². The second-order valence-electron chi connectivity index (χ2n) is 5.00. The normalized spacial score (nSPS) is 11.8. The summed E-state index contributed by atoms with van der Waals surface area (Å²) in [6.45, 7) is 5.52. The summed E-state index contributed by atoms with van der Waals surface area (Å²) in [4.78, 5) is 23.7. The standard InChI is InChI=1S/C12H14IN3O2/c1-12(2,3)8(17)10-15-9-7(6(13)5-14-9)11(16-10)18-4/h5H,1-4H3,(H,14,15,16). The molecular weight excluding hydrogens is 345 g/mol. The molecule has 0 saturated carbocycles. The van der Waals surface area contributed by atoms with Crippen molar-refractivity contribution in [1.29, 1.82) is 0 Å². The number of carbonyl (C=O) groups excluding carboxylic acids is 1. The number of Topliss-reactive ketones (excluding diaryl/α,β-unsaturated/α-hetero) is 1. The Kier molecular flexibility index (Phi) is 3.31. The molecule has 2 aromatic heterocycles. The van der Waals surface area contributed by atoms with Crippen molar-refractivity contribution in [2.75, 3.05) is 7.11 Å². The van der Waals surface area contributed by atoms with Crippen molar-refractivity contribution in [1.82, 2.24) is 15.0 Å². The van der Waals surface area contributed by atoms with Crippen LogP contribution in [0.4, 0.5) is 0 Å². The average molecular weight is 359 g/mol. The number of rotatable bonds is 2. The number of ketones is 1. The minimum Gasteiger partial charge on any atom is -0.480 e. The third-order valence-electron chi connectivity index (χ3n) is 2.53. The van der Waals surface area contributed by atoms with Gasteiger partial charge in [-0.15, -0.1) is 0 Å². The number of ether oxygens (including phenoxy) is 1. The molecule has 0 aliphatic rings. The van der Waals surface area contributed by atoms with E-state index in [1.807, 2.05) is 27.0 Å². The fourth-order valence-corrected chi connectivity index (χ4v) is 2.19. The maximum Gasteiger partial charge on any atom is 0.227 e. The van der Waals surface area contributed by atoms with Gasteiger partial charge in [-0.25, -0.2) is 4.98 Å². The Morgan fingerprint density at radius 3 is 2.61 bits per heavy atom. The minimum absolute atomic E-state index is 0.104. The van der Waals surface area contributed by atoms with E-state index in [0.717, 1.165) is 8.96 Å². The highest BCUT2D eigenvalue weighted by atomic mass is 127. The molecule has 0 aromatic carbocycles. The second-order valence-corrected chi connectivity index (χ2v) is 6.16. The third-order valence-corrected chi connectivity index (χ3v) is 3.38. The lowest BCUT2D eigenvalue weighted by Gasteiger charge is -2.15. The first-order valence-corrected chi connectivity index (χ1v) is 6.56. The Morgan fingerprint density at radius 2 is 2.06 bits per heavy atom. The van der Waals surface area contributed by atoms with Crippen LogP contribution < -0.4 is 4.74 Å². The van der Waals surface area contributed by atoms with E-state index < -0.39 is 5.41 Å². The lowest BCUT2D eigenvalue weighted by molar-refractivity contribution is 0.0846. The molecule has 0 aliphatic carbocycles. The highest BCUT2D eigenvalue weighted by Crippen LogP contribution is 2.28. The number of carbonyl (C=O) groups is 1. The summed E-state index contributed by atoms with van der Waals surface area (Å²) in [6, 6.07) is 0. The number of fused-ring (bicyclic) bond motifs is 1. The maximum atomic E-state index is 12.2. The van der Waals surface area contributed by atoms with Gasteiger partial charge < -0.3 is 9.72 Å². The van der Waals surface area contributed by atoms with E-state index >= 15 is 0 Å². The van der Waals surface area contributed by atoms with E-state index in [2.05, 4.69) is 37.5 Å². The number of H-pyrrole nitrogens is 1. The molecular formula is C12H14IN3O2. The van der Waals surface area contributed by atoms with Crippen LogP contribution in [0.1, 0.15) is 31.4 Å². The Hall–Kier alpha value is -1.18. The van der Waals surface area contributed by atoms with Crippen LogP contribution in [-0.2, 0) is 0 Å². The molecule has 0 aliphatic heterocycles. The van der Waals surface area contributed by atoms with Crippen molar-refractivity contribution < 1.29 is 9.53 Å². The molecule has 18 heavy (non-hydrogen) atoms. The van der Waals surface area contributed by atoms with E-state index in [1.165, 1.54) is 7.11 Å². The zero-order valence-corrected chi connectivity index (χ0v) is 12.8. The van der Waals surface area contributed by atoms with E-state index in [4.69, 9.17) is 4.74 Å². The topological polar surface area (TPSA) is 67.9 Å². The van der Waals surface area contributed by atoms with Crippen molar-refractivity contribution in [3.63, 3.8) is 0 Å². The van der Waals surface area contributed by atoms with Crippen molar-refractivity contribution in [3.05, 3.63) is 15.6 Å². The second kappa shape index (κ2) is 4.49. The van der Waals surface area contributed by atoms with Gasteiger partial charge in [0, 0.05) is 15.2 Å². The molecule has 2 aromatic rings. The van der Waals surface area contributed by atoms with Gasteiger partial charge in [0.05, 0.1) is 12.5 Å². The maximum absolute atomic E-state index is 12.2. The molecule has 2 heterocycles. The van der Waals surface area contributed by atoms with Gasteiger partial charge in [-0.2, -0.15) is 4.98 Å². The van der Waals surface area contributed by atoms with Gasteiger partial charge in [-0.1, -0.05) is 20.8 Å². The smallest absolute Gasteiger partial charge is 0.227 e. The number of halogens is 1. The molecule has 1 N–H and O–H groups in total. The Balaban J connectivity index is 2.65. The largest absolute Gasteiger partial charge is 0.480 e. The zero-order valence-electron chi connectivity index (χ0n) is 10.7. The Morgan fingerprint density at radius 1 is 1.39 bits per heavy atom. The highest BCUT2D eigenvalue weighted by molar-refractivity contribution is 14.1. The number of aromatic nitrogens is 3. The SMILES string of the molecule is COc1nc(C(=O)C(C)(C)C)nc2[nH]cc(I)c12. The molecule has 0 amide bonds. The number of nitrogens with zero attached hydrogens (tertiary/aromatic N) is 2. The highest BCUT2D eigenvalue weighted by Gasteiger charge is 2.27. The summed E-state index contributed by atoms with van der Waals surface area (Å²) in [5.41, 5.74) is 0.108. The number of nitrogens with one attached hydrogen (secondary N) is 1. The van der Waals surface area contributed by atoms with Crippen LogP contribution in [0.25, 0.3) is 11.0 Å². The number of hydrogen-bond donors (Lipinski definition) is 1. The van der Waals surface area contributed by atoms with Crippen LogP contribution in [0, 0.1) is 8.99 Å². The van der Waals surface area contributed by atoms with E-state index in [1.54, 1.807) is 0 Å². The number of hydrogen-bond acceptors (Lipinski definition) is 4. The predicted molar refractivity (Wildman–Crippen MR) is 76.9 cm³/mol. The van der Waals surface area contributed by atoms with E-state index in [9.17, 15) is 4.79 Å². The van der Waals surface area contributed by atoms with Crippen molar-refractivity contribution in [3.8, 4) is 5.88 Å². The van der Waals surface area contributed by atoms with Crippen molar-refractivity contribution >= 4 is 39.4 Å². The van der Waals surface area contributed by atoms with E-state index in [0.29, 0.717) is 11.5 Å². The molecule has 6 heteroatoms. The summed E-state index contributed by atoms with van der Waals surface area (Å²) in [5, 5.41) is 0.809. The molecule has 2 rings (SSSR count). The first-order valence-electron chi connectivity index (χ1n) is 5.48. The molecule has 0 atom stereocenters. The Bertz CT molecular complexity index is 614. The molecule has 0 unspecified atom stereocenters. The van der Waals surface area contributed by atoms with Gasteiger partial charge in [0.1, 0.15) is 5.65 Å². The summed E-state index contributed by atoms with van der Waals surface area (Å²) in [5.74, 6) is 0.510. The predicted octanol–water partition coefficient (Wildman–Crippen LogP) is 2.80. The molecule has 0 saturated heterocycles. The average Bonchev–Trinajstić information content (AvgIpc) is 2.68. The molecule has 96 valence electrons. The molecule has 0 bridgehead atoms. The fraction of sp³-hybridized carbons (Fsp3) is 0.417. The first-order chi connectivity index (χ1) is 8.34. The third kappa shape index (κ3) is 2.21. The molecule has 5 nitrogen and oxygen atoms in total. The number of aromatic amines is 1. The monoisotopic (exact) mass is 359 g/mol. The quantitative estimate of drug-likeness (QED) is 0.662. The Labute approximate surface area is 118 Å². The van der Waals surface area contributed by atoms with Crippen molar-refractivity contribution in [2.45, 2.75) is 20.8 Å². The van der Waals surface area contributed by atoms with Crippen LogP contribution in [0.2, 0.25) is 0 Å². The molecule has 0 spiro atoms. The fourth-order valence-electron chi connectivity index (χ4n) is 1.55. The lowest BCUT2D eigenvalue weighted by atomic mass is 9.90. The molecule has 0 fully saturated rings. The first kappa shape index (κ1) is 13.3. The van der Waals surface area contributed by atoms with Gasteiger partial charge in [0.2, 0.25) is 17.5 Å². The molecule has 0 radical (unpaired) electrons. The van der Waals surface area contributed by atoms with Gasteiger partial charge >= 0.3 is 0 Å². The van der Waals surface area contributed by atoms with E-state index in [-0.39, 0.29) is 11.6 Å². The van der Waals surface area contributed by atoms with Gasteiger partial charge in [-0.05, 0) is 22.6 Å². The van der Waals surface area contributed by atoms with Crippen molar-refractivity contribution in [2.24, 2.45) is 5.41 Å². The summed E-state index contributed by atoms with van der Waals surface area (Å²) < 4.78 is 6.21. The van der Waals surface area contributed by atoms with Crippen LogP contribution in [0.5, 0.6) is 5.88 Å². The minimum atomic E-state index is -0.515.